The second-order valence-electron chi connectivity index (χ2n) is 12.3. The Labute approximate surface area is 261 Å². The Hall–Kier alpha value is -4.17. The van der Waals surface area contributed by atoms with Gasteiger partial charge < -0.3 is 19.4 Å². The first kappa shape index (κ1) is 31.3. The van der Waals surface area contributed by atoms with Crippen molar-refractivity contribution >= 4 is 17.9 Å². The molecule has 0 aliphatic carbocycles. The van der Waals surface area contributed by atoms with Crippen LogP contribution in [0.5, 0.6) is 0 Å². The van der Waals surface area contributed by atoms with Gasteiger partial charge in [-0.1, -0.05) is 105 Å². The lowest BCUT2D eigenvalue weighted by Crippen LogP contribution is -2.57. The van der Waals surface area contributed by atoms with Crippen LogP contribution in [0.15, 0.2) is 91.0 Å². The van der Waals surface area contributed by atoms with Gasteiger partial charge in [-0.05, 0) is 35.4 Å². The molecule has 8 nitrogen and oxygen atoms in total. The number of hydrogen-bond donors (Lipinski definition) is 0. The molecule has 0 aromatic heterocycles. The van der Waals surface area contributed by atoms with Gasteiger partial charge in [0.05, 0.1) is 18.7 Å². The first-order chi connectivity index (χ1) is 21.2. The number of likely N-dealkylation sites (N-methyl/N-ethyl adjacent to an activating group) is 2. The van der Waals surface area contributed by atoms with Crippen LogP contribution in [0, 0.1) is 5.92 Å². The second kappa shape index (κ2) is 13.2. The number of piperidine rings is 1. The molecule has 3 amide bonds. The van der Waals surface area contributed by atoms with Gasteiger partial charge in [0.1, 0.15) is 12.1 Å². The van der Waals surface area contributed by atoms with Crippen molar-refractivity contribution < 1.29 is 19.1 Å². The summed E-state index contributed by atoms with van der Waals surface area (Å²) in [6, 6.07) is 29.9. The molecule has 1 unspecified atom stereocenters. The largest absolute Gasteiger partial charge is 0.467 e. The Morgan fingerprint density at radius 1 is 0.818 bits per heavy atom. The third-order valence-electron chi connectivity index (χ3n) is 9.25. The van der Waals surface area contributed by atoms with Gasteiger partial charge in [0.25, 0.3) is 0 Å². The summed E-state index contributed by atoms with van der Waals surface area (Å²) < 4.78 is 4.98. The fourth-order valence-corrected chi connectivity index (χ4v) is 6.96. The summed E-state index contributed by atoms with van der Waals surface area (Å²) in [6.07, 6.45) is 1.59. The van der Waals surface area contributed by atoms with Crippen molar-refractivity contribution in [3.63, 3.8) is 0 Å². The van der Waals surface area contributed by atoms with Gasteiger partial charge in [0.15, 0.2) is 0 Å². The number of carbonyl (C=O) groups excluding carboxylic acids is 3. The summed E-state index contributed by atoms with van der Waals surface area (Å²) in [7, 11) is 4.75. The van der Waals surface area contributed by atoms with Crippen LogP contribution < -0.4 is 0 Å². The summed E-state index contributed by atoms with van der Waals surface area (Å²) in [4.78, 5) is 47.6. The number of hydrogen-bond acceptors (Lipinski definition) is 5. The Morgan fingerprint density at radius 3 is 1.77 bits per heavy atom. The van der Waals surface area contributed by atoms with Gasteiger partial charge in [0, 0.05) is 33.7 Å². The second-order valence-corrected chi connectivity index (χ2v) is 12.3. The fourth-order valence-electron chi connectivity index (χ4n) is 6.96. The predicted octanol–water partition coefficient (Wildman–Crippen LogP) is 4.83. The zero-order valence-corrected chi connectivity index (χ0v) is 26.4. The molecule has 5 rings (SSSR count). The van der Waals surface area contributed by atoms with E-state index in [9.17, 15) is 14.4 Å². The van der Waals surface area contributed by atoms with Crippen molar-refractivity contribution in [2.24, 2.45) is 5.92 Å². The highest BCUT2D eigenvalue weighted by molar-refractivity contribution is 5.86. The maximum absolute atomic E-state index is 14.2. The summed E-state index contributed by atoms with van der Waals surface area (Å²) in [5, 5.41) is 0. The SMILES string of the molecule is COC(=O)[C@H](C(C)C)N(C)C(=O)N(C)[C@H]1CCCN(C(=O)[C@H]2CN2C(c2ccccc2)(c2ccccc2)c2ccccc2)C1. The van der Waals surface area contributed by atoms with Crippen LogP contribution in [-0.2, 0) is 19.9 Å². The first-order valence-corrected chi connectivity index (χ1v) is 15.5. The summed E-state index contributed by atoms with van der Waals surface area (Å²) >= 11 is 0. The molecule has 8 heteroatoms. The number of amides is 3. The van der Waals surface area contributed by atoms with E-state index in [2.05, 4.69) is 77.7 Å². The normalized spacial score (nSPS) is 20.5. The smallest absolute Gasteiger partial charge is 0.328 e. The lowest BCUT2D eigenvalue weighted by atomic mass is 9.76. The van der Waals surface area contributed by atoms with E-state index >= 15 is 0 Å². The minimum absolute atomic E-state index is 0.0886. The third-order valence-corrected chi connectivity index (χ3v) is 9.25. The number of benzene rings is 3. The van der Waals surface area contributed by atoms with Crippen LogP contribution in [0.1, 0.15) is 43.4 Å². The van der Waals surface area contributed by atoms with Crippen molar-refractivity contribution in [2.45, 2.75) is 50.4 Å². The zero-order chi connectivity index (χ0) is 31.4. The fraction of sp³-hybridized carbons (Fsp3) is 0.417. The summed E-state index contributed by atoms with van der Waals surface area (Å²) in [5.74, 6) is -0.447. The molecule has 2 aliphatic rings. The topological polar surface area (TPSA) is 73.2 Å². The van der Waals surface area contributed by atoms with Crippen LogP contribution in [0.2, 0.25) is 0 Å². The number of rotatable bonds is 9. The Balaban J connectivity index is 1.39. The number of likely N-dealkylation sites (tertiary alicyclic amines) is 1. The number of nitrogens with zero attached hydrogens (tertiary/aromatic N) is 4. The summed E-state index contributed by atoms with van der Waals surface area (Å²) in [5.41, 5.74) is 2.71. The maximum Gasteiger partial charge on any atom is 0.328 e. The Bertz CT molecular complexity index is 1340. The molecular weight excluding hydrogens is 552 g/mol. The van der Waals surface area contributed by atoms with Crippen molar-refractivity contribution in [1.29, 1.82) is 0 Å². The molecule has 2 saturated heterocycles. The third kappa shape index (κ3) is 5.83. The number of carbonyl (C=O) groups is 3. The molecule has 2 fully saturated rings. The quantitative estimate of drug-likeness (QED) is 0.201. The van der Waals surface area contributed by atoms with Crippen molar-refractivity contribution in [2.75, 3.05) is 40.8 Å². The van der Waals surface area contributed by atoms with E-state index < -0.39 is 17.6 Å². The van der Waals surface area contributed by atoms with E-state index in [4.69, 9.17) is 4.74 Å². The highest BCUT2D eigenvalue weighted by Crippen LogP contribution is 2.48. The van der Waals surface area contributed by atoms with Gasteiger partial charge in [-0.15, -0.1) is 0 Å². The van der Waals surface area contributed by atoms with Crippen molar-refractivity contribution in [3.05, 3.63) is 108 Å². The van der Waals surface area contributed by atoms with E-state index in [0.29, 0.717) is 19.6 Å². The van der Waals surface area contributed by atoms with Crippen LogP contribution in [0.25, 0.3) is 0 Å². The lowest BCUT2D eigenvalue weighted by molar-refractivity contribution is -0.147. The maximum atomic E-state index is 14.2. The van der Waals surface area contributed by atoms with Gasteiger partial charge in [-0.2, -0.15) is 0 Å². The first-order valence-electron chi connectivity index (χ1n) is 15.5. The van der Waals surface area contributed by atoms with Crippen LogP contribution in [0.3, 0.4) is 0 Å². The van der Waals surface area contributed by atoms with Crippen molar-refractivity contribution in [3.8, 4) is 0 Å². The molecule has 0 saturated carbocycles. The predicted molar refractivity (Wildman–Crippen MR) is 171 cm³/mol. The molecule has 3 aromatic carbocycles. The van der Waals surface area contributed by atoms with Gasteiger partial charge >= 0.3 is 12.0 Å². The molecule has 0 N–H and O–H groups in total. The molecule has 0 radical (unpaired) electrons. The standard InChI is InChI=1S/C36H44N4O4/c1-26(2)32(34(42)44-5)38(4)35(43)37(3)30-22-15-23-39(24-30)33(41)31-25-40(31)36(27-16-9-6-10-17-27,28-18-11-7-12-19-28)29-20-13-8-14-21-29/h6-14,16-21,26,30-32H,15,22-25H2,1-5H3/t30-,31+,32-,40?/m0/s1. The molecule has 3 aromatic rings. The minimum atomic E-state index is -0.682. The highest BCUT2D eigenvalue weighted by Gasteiger charge is 2.57. The molecule has 2 heterocycles. The average molecular weight is 597 g/mol. The number of methoxy groups -OCH3 is 1. The molecule has 2 aliphatic heterocycles. The van der Waals surface area contributed by atoms with E-state index in [1.807, 2.05) is 36.9 Å². The van der Waals surface area contributed by atoms with Crippen LogP contribution >= 0.6 is 0 Å². The number of urea groups is 1. The Morgan fingerprint density at radius 2 is 1.32 bits per heavy atom. The average Bonchev–Trinajstić information content (AvgIpc) is 3.86. The number of esters is 1. The van der Waals surface area contributed by atoms with Gasteiger partial charge in [-0.25, -0.2) is 9.59 Å². The summed E-state index contributed by atoms with van der Waals surface area (Å²) in [6.45, 7) is 5.54. The van der Waals surface area contributed by atoms with Gasteiger partial charge in [0.2, 0.25) is 5.91 Å². The minimum Gasteiger partial charge on any atom is -0.467 e. The monoisotopic (exact) mass is 596 g/mol. The molecule has 44 heavy (non-hydrogen) atoms. The van der Waals surface area contributed by atoms with E-state index in [-0.39, 0.29) is 29.9 Å². The van der Waals surface area contributed by atoms with Crippen molar-refractivity contribution in [1.82, 2.24) is 19.6 Å². The van der Waals surface area contributed by atoms with Crippen LogP contribution in [0.4, 0.5) is 4.79 Å². The van der Waals surface area contributed by atoms with E-state index in [0.717, 1.165) is 29.5 Å². The Kier molecular flexibility index (Phi) is 9.39. The molecular formula is C36H44N4O4. The molecule has 4 atom stereocenters. The molecule has 0 bridgehead atoms. The van der Waals surface area contributed by atoms with E-state index in [1.165, 1.54) is 12.0 Å². The van der Waals surface area contributed by atoms with Crippen LogP contribution in [-0.4, -0.2) is 96.5 Å². The molecule has 232 valence electrons. The number of ether oxygens (including phenoxy) is 1. The highest BCUT2D eigenvalue weighted by atomic mass is 16.5. The lowest BCUT2D eigenvalue weighted by Gasteiger charge is -2.41. The zero-order valence-electron chi connectivity index (χ0n) is 26.4. The van der Waals surface area contributed by atoms with Gasteiger partial charge in [-0.3, -0.25) is 9.69 Å². The molecule has 0 spiro atoms. The van der Waals surface area contributed by atoms with E-state index in [1.54, 1.807) is 19.0 Å².